The normalized spacial score (nSPS) is 8.44. The molecule has 0 heterocycles. The second-order valence-corrected chi connectivity index (χ2v) is 4.46. The molecule has 0 saturated carbocycles. The third-order valence-electron chi connectivity index (χ3n) is 0.843. The van der Waals surface area contributed by atoms with Gasteiger partial charge in [-0.25, -0.2) is 0 Å². The van der Waals surface area contributed by atoms with Crippen molar-refractivity contribution >= 4 is 58.5 Å². The molecular formula is C8H18O6S4. The second kappa shape index (κ2) is 22.5. The van der Waals surface area contributed by atoms with Crippen LogP contribution >= 0.6 is 49.7 Å². The van der Waals surface area contributed by atoms with E-state index in [1.807, 2.05) is 0 Å². The van der Waals surface area contributed by atoms with E-state index in [0.29, 0.717) is 26.4 Å². The largest absolute Gasteiger partial charge is 0.494 e. The molecule has 10 heteroatoms. The van der Waals surface area contributed by atoms with Crippen LogP contribution in [-0.2, 0) is 9.47 Å². The molecule has 6 nitrogen and oxygen atoms in total. The number of hydrogen-bond donors (Lipinski definition) is 6. The molecule has 110 valence electrons. The Labute approximate surface area is 128 Å². The van der Waals surface area contributed by atoms with Gasteiger partial charge in [-0.05, 0) is 24.4 Å². The molecule has 0 saturated heterocycles. The fraction of sp³-hybridized carbons (Fsp3) is 0.750. The maximum absolute atomic E-state index is 8.26. The van der Waals surface area contributed by atoms with Crippen molar-refractivity contribution in [1.29, 1.82) is 0 Å². The Balaban J connectivity index is -0.000000233. The minimum Gasteiger partial charge on any atom is -0.494 e. The van der Waals surface area contributed by atoms with E-state index in [1.54, 1.807) is 0 Å². The molecule has 0 atom stereocenters. The summed E-state index contributed by atoms with van der Waals surface area (Å²) >= 11 is 14.4. The first-order valence-electron chi connectivity index (χ1n) is 4.59. The molecule has 0 unspecified atom stereocenters. The van der Waals surface area contributed by atoms with Gasteiger partial charge in [0.15, 0.2) is 0 Å². The topological polar surface area (TPSA) is 99.4 Å². The van der Waals surface area contributed by atoms with Gasteiger partial charge in [-0.3, -0.25) is 0 Å². The molecule has 0 aliphatic rings. The van der Waals surface area contributed by atoms with Crippen molar-refractivity contribution < 1.29 is 29.9 Å². The Morgan fingerprint density at radius 3 is 1.17 bits per heavy atom. The summed E-state index contributed by atoms with van der Waals surface area (Å²) in [6.07, 6.45) is 0. The molecule has 0 aliphatic heterocycles. The quantitative estimate of drug-likeness (QED) is 0.227. The van der Waals surface area contributed by atoms with Gasteiger partial charge in [-0.15, -0.1) is 0 Å². The molecule has 18 heavy (non-hydrogen) atoms. The summed E-state index contributed by atoms with van der Waals surface area (Å²) in [5.41, 5.74) is 0. The molecule has 0 aliphatic carbocycles. The minimum atomic E-state index is -0.306. The van der Waals surface area contributed by atoms with Crippen LogP contribution in [0.1, 0.15) is 0 Å². The van der Waals surface area contributed by atoms with Gasteiger partial charge in [0.05, 0.1) is 39.6 Å². The van der Waals surface area contributed by atoms with Gasteiger partial charge >= 0.3 is 0 Å². The van der Waals surface area contributed by atoms with Gasteiger partial charge in [-0.1, -0.05) is 25.3 Å². The number of hydrogen-bond acceptors (Lipinski definition) is 6. The molecule has 0 radical (unpaired) electrons. The monoisotopic (exact) mass is 338 g/mol. The Morgan fingerprint density at radius 1 is 0.778 bits per heavy atom. The molecule has 0 bridgehead atoms. The SMILES string of the molecule is OC(=S)S.OC(=S)S.OCCOCCOCCO. The fourth-order valence-electron chi connectivity index (χ4n) is 0.451. The molecule has 0 spiro atoms. The highest BCUT2D eigenvalue weighted by Gasteiger charge is 1.86. The number of thiol groups is 2. The maximum Gasteiger partial charge on any atom is 0.214 e. The van der Waals surface area contributed by atoms with Crippen molar-refractivity contribution in [3.05, 3.63) is 0 Å². The highest BCUT2D eigenvalue weighted by atomic mass is 32.1. The zero-order valence-electron chi connectivity index (χ0n) is 9.56. The van der Waals surface area contributed by atoms with E-state index >= 15 is 0 Å². The summed E-state index contributed by atoms with van der Waals surface area (Å²) in [6, 6.07) is 0. The van der Waals surface area contributed by atoms with Crippen molar-refractivity contribution in [2.24, 2.45) is 0 Å². The third-order valence-corrected chi connectivity index (χ3v) is 0.843. The Bertz CT molecular complexity index is 164. The van der Waals surface area contributed by atoms with Crippen LogP contribution < -0.4 is 0 Å². The fourth-order valence-corrected chi connectivity index (χ4v) is 0.451. The highest BCUT2D eigenvalue weighted by Crippen LogP contribution is 1.76. The smallest absolute Gasteiger partial charge is 0.214 e. The molecule has 0 aromatic heterocycles. The molecule has 0 amide bonds. The van der Waals surface area contributed by atoms with Crippen LogP contribution in [0.3, 0.4) is 0 Å². The van der Waals surface area contributed by atoms with Crippen molar-refractivity contribution in [1.82, 2.24) is 0 Å². The van der Waals surface area contributed by atoms with Crippen molar-refractivity contribution in [3.8, 4) is 0 Å². The van der Waals surface area contributed by atoms with Crippen LogP contribution in [0, 0.1) is 0 Å². The van der Waals surface area contributed by atoms with Crippen molar-refractivity contribution in [3.63, 3.8) is 0 Å². The van der Waals surface area contributed by atoms with Crippen LogP contribution in [0.5, 0.6) is 0 Å². The number of aliphatic hydroxyl groups excluding tert-OH is 4. The summed E-state index contributed by atoms with van der Waals surface area (Å²) in [5.74, 6) is 0. The molecule has 4 N–H and O–H groups in total. The van der Waals surface area contributed by atoms with E-state index in [1.165, 1.54) is 0 Å². The standard InChI is InChI=1S/C6H14O4.2CH2OS2/c7-1-3-9-5-6-10-4-2-8;2*2-1(3)4/h7-8H,1-6H2;2*(H2,2,3,4). The molecule has 0 rings (SSSR count). The summed E-state index contributed by atoms with van der Waals surface area (Å²) in [5, 5.41) is 31.8. The van der Waals surface area contributed by atoms with E-state index in [-0.39, 0.29) is 22.0 Å². The van der Waals surface area contributed by atoms with E-state index in [4.69, 9.17) is 29.9 Å². The van der Waals surface area contributed by atoms with Gasteiger partial charge in [0.25, 0.3) is 0 Å². The van der Waals surface area contributed by atoms with Crippen molar-refractivity contribution in [2.45, 2.75) is 0 Å². The van der Waals surface area contributed by atoms with Gasteiger partial charge in [0.1, 0.15) is 0 Å². The number of rotatable bonds is 7. The summed E-state index contributed by atoms with van der Waals surface area (Å²) in [6.45, 7) is 1.73. The summed E-state index contributed by atoms with van der Waals surface area (Å²) < 4.78 is 9.13. The number of thiocarbonyl (C=S) groups is 2. The van der Waals surface area contributed by atoms with Crippen LogP contribution in [0.2, 0.25) is 0 Å². The first-order chi connectivity index (χ1) is 8.38. The minimum absolute atomic E-state index is 0.0417. The van der Waals surface area contributed by atoms with Crippen molar-refractivity contribution in [2.75, 3.05) is 39.6 Å². The van der Waals surface area contributed by atoms with E-state index in [0.717, 1.165) is 0 Å². The number of ether oxygens (including phenoxy) is 2. The van der Waals surface area contributed by atoms with Crippen LogP contribution in [-0.4, -0.2) is 68.8 Å². The summed E-state index contributed by atoms with van der Waals surface area (Å²) in [4.78, 5) is 0. The van der Waals surface area contributed by atoms with Gasteiger partial charge in [0.2, 0.25) is 8.77 Å². The van der Waals surface area contributed by atoms with Gasteiger partial charge < -0.3 is 29.9 Å². The van der Waals surface area contributed by atoms with Crippen LogP contribution in [0.25, 0.3) is 0 Å². The number of aliphatic hydroxyl groups is 4. The predicted molar refractivity (Wildman–Crippen MR) is 84.2 cm³/mol. The first kappa shape index (κ1) is 23.4. The van der Waals surface area contributed by atoms with Gasteiger partial charge in [-0.2, -0.15) is 0 Å². The molecule has 0 aromatic carbocycles. The Morgan fingerprint density at radius 2 is 1.00 bits per heavy atom. The van der Waals surface area contributed by atoms with E-state index in [9.17, 15) is 0 Å². The van der Waals surface area contributed by atoms with Gasteiger partial charge in [0, 0.05) is 0 Å². The zero-order chi connectivity index (χ0) is 14.8. The second-order valence-electron chi connectivity index (χ2n) is 2.24. The lowest BCUT2D eigenvalue weighted by molar-refractivity contribution is 0.0222. The highest BCUT2D eigenvalue weighted by molar-refractivity contribution is 8.10. The molecule has 0 aromatic rings. The maximum atomic E-state index is 8.26. The molecule has 0 fully saturated rings. The summed E-state index contributed by atoms with van der Waals surface area (Å²) in [7, 11) is 0. The zero-order valence-corrected chi connectivity index (χ0v) is 13.0. The Hall–Kier alpha value is 0.320. The Kier molecular flexibility index (Phi) is 29.3. The lowest BCUT2D eigenvalue weighted by Crippen LogP contribution is -2.09. The average molecular weight is 338 g/mol. The lowest BCUT2D eigenvalue weighted by Gasteiger charge is -2.01. The third kappa shape index (κ3) is 71.5. The van der Waals surface area contributed by atoms with E-state index < -0.39 is 0 Å². The first-order valence-corrected chi connectivity index (χ1v) is 6.30. The van der Waals surface area contributed by atoms with Crippen LogP contribution in [0.4, 0.5) is 0 Å². The lowest BCUT2D eigenvalue weighted by atomic mass is 10.7. The average Bonchev–Trinajstić information content (AvgIpc) is 2.22. The predicted octanol–water partition coefficient (Wildman–Crippen LogP) is 0.522. The van der Waals surface area contributed by atoms with Crippen LogP contribution in [0.15, 0.2) is 0 Å². The van der Waals surface area contributed by atoms with E-state index in [2.05, 4.69) is 49.7 Å². The molecular weight excluding hydrogens is 320 g/mol.